The van der Waals surface area contributed by atoms with Crippen LogP contribution in [0.5, 0.6) is 0 Å². The van der Waals surface area contributed by atoms with Crippen molar-refractivity contribution < 1.29 is 5.11 Å². The second-order valence-corrected chi connectivity index (χ2v) is 7.34. The van der Waals surface area contributed by atoms with Gasteiger partial charge in [-0.1, -0.05) is 12.8 Å². The van der Waals surface area contributed by atoms with Crippen molar-refractivity contribution >= 4 is 16.9 Å². The molecule has 7 nitrogen and oxygen atoms in total. The van der Waals surface area contributed by atoms with Gasteiger partial charge in [0, 0.05) is 44.0 Å². The fourth-order valence-corrected chi connectivity index (χ4v) is 3.99. The topological polar surface area (TPSA) is 80.0 Å². The molecule has 0 aliphatic heterocycles. The molecule has 1 N–H and O–H groups in total. The van der Waals surface area contributed by atoms with E-state index < -0.39 is 0 Å². The highest BCUT2D eigenvalue weighted by Gasteiger charge is 2.35. The lowest BCUT2D eigenvalue weighted by atomic mass is 9.86. The summed E-state index contributed by atoms with van der Waals surface area (Å²) in [5, 5.41) is 15.3. The molecule has 1 saturated carbocycles. The summed E-state index contributed by atoms with van der Waals surface area (Å²) in [7, 11) is 3.93. The van der Waals surface area contributed by atoms with Crippen LogP contribution in [0.25, 0.3) is 22.4 Å². The number of hydrogen-bond donors (Lipinski definition) is 1. The smallest absolute Gasteiger partial charge is 0.165 e. The first kappa shape index (κ1) is 16.9. The minimum atomic E-state index is -0.0390. The van der Waals surface area contributed by atoms with E-state index in [2.05, 4.69) is 15.0 Å². The lowest BCUT2D eigenvalue weighted by Gasteiger charge is -2.32. The summed E-state index contributed by atoms with van der Waals surface area (Å²) >= 11 is 0. The summed E-state index contributed by atoms with van der Waals surface area (Å²) in [5.41, 5.74) is 1.64. The lowest BCUT2D eigenvalue weighted by molar-refractivity contribution is 0.137. The molecule has 0 bridgehead atoms. The third-order valence-electron chi connectivity index (χ3n) is 5.43. The second kappa shape index (κ2) is 6.64. The number of pyridine rings is 1. The van der Waals surface area contributed by atoms with Gasteiger partial charge in [0.2, 0.25) is 0 Å². The third kappa shape index (κ3) is 2.92. The molecule has 0 unspecified atom stereocenters. The fourth-order valence-electron chi connectivity index (χ4n) is 3.99. The van der Waals surface area contributed by atoms with Gasteiger partial charge in [0.05, 0.1) is 18.2 Å². The first-order valence-electron chi connectivity index (χ1n) is 9.04. The monoisotopic (exact) mass is 352 g/mol. The van der Waals surface area contributed by atoms with Crippen LogP contribution in [0.2, 0.25) is 0 Å². The van der Waals surface area contributed by atoms with Crippen molar-refractivity contribution in [3.05, 3.63) is 30.7 Å². The molecule has 1 fully saturated rings. The van der Waals surface area contributed by atoms with Gasteiger partial charge in [-0.3, -0.25) is 9.67 Å². The van der Waals surface area contributed by atoms with Gasteiger partial charge in [0.25, 0.3) is 0 Å². The largest absolute Gasteiger partial charge is 0.396 e. The van der Waals surface area contributed by atoms with E-state index in [0.717, 1.165) is 41.8 Å². The Labute approximate surface area is 152 Å². The number of anilines is 1. The summed E-state index contributed by atoms with van der Waals surface area (Å²) in [5.74, 6) is 1.49. The number of rotatable bonds is 5. The van der Waals surface area contributed by atoms with E-state index in [4.69, 9.17) is 9.97 Å². The van der Waals surface area contributed by atoms with Gasteiger partial charge in [-0.2, -0.15) is 5.10 Å². The Morgan fingerprint density at radius 1 is 1.23 bits per heavy atom. The second-order valence-electron chi connectivity index (χ2n) is 7.34. The third-order valence-corrected chi connectivity index (χ3v) is 5.43. The van der Waals surface area contributed by atoms with Crippen LogP contribution in [0.3, 0.4) is 0 Å². The van der Waals surface area contributed by atoms with Gasteiger partial charge < -0.3 is 10.0 Å². The van der Waals surface area contributed by atoms with Crippen LogP contribution in [-0.4, -0.2) is 50.0 Å². The molecule has 0 spiro atoms. The van der Waals surface area contributed by atoms with Crippen molar-refractivity contribution in [3.63, 3.8) is 0 Å². The number of nitrogens with zero attached hydrogens (tertiary/aromatic N) is 6. The Hall–Kier alpha value is -2.54. The van der Waals surface area contributed by atoms with Crippen LogP contribution in [0.4, 0.5) is 5.82 Å². The molecule has 1 aliphatic carbocycles. The number of aromatic nitrogens is 5. The zero-order valence-electron chi connectivity index (χ0n) is 15.3. The summed E-state index contributed by atoms with van der Waals surface area (Å²) < 4.78 is 1.77. The molecule has 3 aromatic heterocycles. The predicted molar refractivity (Wildman–Crippen MR) is 101 cm³/mol. The van der Waals surface area contributed by atoms with E-state index in [0.29, 0.717) is 5.82 Å². The molecule has 1 aliphatic rings. The SMILES string of the molecule is CN(CC1(CO)CCCC1)c1nc(-c2cccnc2)nc2c1cnn2C. The highest BCUT2D eigenvalue weighted by molar-refractivity contribution is 5.88. The number of fused-ring (bicyclic) bond motifs is 1. The molecule has 26 heavy (non-hydrogen) atoms. The van der Waals surface area contributed by atoms with Crippen molar-refractivity contribution in [2.24, 2.45) is 12.5 Å². The van der Waals surface area contributed by atoms with E-state index in [1.54, 1.807) is 17.1 Å². The summed E-state index contributed by atoms with van der Waals surface area (Å²) in [6, 6.07) is 3.84. The van der Waals surface area contributed by atoms with Crippen LogP contribution in [0, 0.1) is 5.41 Å². The molecule has 7 heteroatoms. The highest BCUT2D eigenvalue weighted by Crippen LogP contribution is 2.39. The molecular formula is C19H24N6O. The van der Waals surface area contributed by atoms with Gasteiger partial charge in [-0.15, -0.1) is 0 Å². The van der Waals surface area contributed by atoms with Crippen LogP contribution in [0.1, 0.15) is 25.7 Å². The van der Waals surface area contributed by atoms with Crippen LogP contribution in [-0.2, 0) is 7.05 Å². The van der Waals surface area contributed by atoms with Crippen molar-refractivity contribution in [1.29, 1.82) is 0 Å². The van der Waals surface area contributed by atoms with Crippen molar-refractivity contribution in [3.8, 4) is 11.4 Å². The molecule has 3 aromatic rings. The zero-order chi connectivity index (χ0) is 18.1. The lowest BCUT2D eigenvalue weighted by Crippen LogP contribution is -2.37. The Morgan fingerprint density at radius 2 is 2.04 bits per heavy atom. The Kier molecular flexibility index (Phi) is 4.32. The summed E-state index contributed by atoms with van der Waals surface area (Å²) in [6.07, 6.45) is 9.81. The fraction of sp³-hybridized carbons (Fsp3) is 0.474. The summed E-state index contributed by atoms with van der Waals surface area (Å²) in [6.45, 7) is 0.991. The standard InChI is InChI=1S/C19H24N6O/c1-24(12-19(13-26)7-3-4-8-19)17-15-11-21-25(2)18(15)23-16(22-17)14-6-5-9-20-10-14/h5-6,9-11,26H,3-4,7-8,12-13H2,1-2H3. The number of hydrogen-bond acceptors (Lipinski definition) is 6. The van der Waals surface area contributed by atoms with E-state index in [1.807, 2.05) is 32.4 Å². The molecule has 136 valence electrons. The molecule has 0 amide bonds. The first-order chi connectivity index (χ1) is 12.6. The number of aliphatic hydroxyl groups excluding tert-OH is 1. The van der Waals surface area contributed by atoms with Gasteiger partial charge in [-0.05, 0) is 25.0 Å². The van der Waals surface area contributed by atoms with Crippen LogP contribution >= 0.6 is 0 Å². The molecule has 4 rings (SSSR count). The van der Waals surface area contributed by atoms with Gasteiger partial charge >= 0.3 is 0 Å². The number of aliphatic hydroxyl groups is 1. The van der Waals surface area contributed by atoms with Crippen molar-refractivity contribution in [2.75, 3.05) is 25.1 Å². The Balaban J connectivity index is 1.78. The minimum Gasteiger partial charge on any atom is -0.396 e. The van der Waals surface area contributed by atoms with Gasteiger partial charge in [-0.25, -0.2) is 9.97 Å². The van der Waals surface area contributed by atoms with Crippen LogP contribution in [0.15, 0.2) is 30.7 Å². The van der Waals surface area contributed by atoms with Crippen molar-refractivity contribution in [1.82, 2.24) is 24.7 Å². The van der Waals surface area contributed by atoms with E-state index in [-0.39, 0.29) is 12.0 Å². The quantitative estimate of drug-likeness (QED) is 0.760. The highest BCUT2D eigenvalue weighted by atomic mass is 16.3. The molecule has 0 aromatic carbocycles. The normalized spacial score (nSPS) is 16.3. The van der Waals surface area contributed by atoms with Gasteiger partial charge in [0.15, 0.2) is 11.5 Å². The number of aryl methyl sites for hydroxylation is 1. The summed E-state index contributed by atoms with van der Waals surface area (Å²) in [4.78, 5) is 15.9. The van der Waals surface area contributed by atoms with Gasteiger partial charge in [0.1, 0.15) is 5.82 Å². The Bertz CT molecular complexity index is 901. The molecule has 3 heterocycles. The zero-order valence-corrected chi connectivity index (χ0v) is 15.3. The van der Waals surface area contributed by atoms with E-state index in [1.165, 1.54) is 12.8 Å². The maximum atomic E-state index is 9.98. The average molecular weight is 352 g/mol. The minimum absolute atomic E-state index is 0.0390. The molecule has 0 radical (unpaired) electrons. The van der Waals surface area contributed by atoms with Crippen LogP contribution < -0.4 is 4.90 Å². The Morgan fingerprint density at radius 3 is 2.73 bits per heavy atom. The average Bonchev–Trinajstić information content (AvgIpc) is 3.29. The van der Waals surface area contributed by atoms with E-state index in [9.17, 15) is 5.11 Å². The van der Waals surface area contributed by atoms with Crippen molar-refractivity contribution in [2.45, 2.75) is 25.7 Å². The predicted octanol–water partition coefficient (Wildman–Crippen LogP) is 2.41. The molecule has 0 atom stereocenters. The molecular weight excluding hydrogens is 328 g/mol. The molecule has 0 saturated heterocycles. The maximum Gasteiger partial charge on any atom is 0.165 e. The first-order valence-corrected chi connectivity index (χ1v) is 9.04. The maximum absolute atomic E-state index is 9.98. The van der Waals surface area contributed by atoms with E-state index >= 15 is 0 Å².